The molecule has 0 bridgehead atoms. The van der Waals surface area contributed by atoms with Crippen molar-refractivity contribution in [3.8, 4) is 16.3 Å². The van der Waals surface area contributed by atoms with Gasteiger partial charge < -0.3 is 4.74 Å². The second-order valence-corrected chi connectivity index (χ2v) is 7.35. The summed E-state index contributed by atoms with van der Waals surface area (Å²) in [5, 5.41) is 9.46. The highest BCUT2D eigenvalue weighted by atomic mass is 32.1. The molecule has 0 N–H and O–H groups in total. The van der Waals surface area contributed by atoms with Gasteiger partial charge in [-0.05, 0) is 42.3 Å². The Bertz CT molecular complexity index is 882. The number of ether oxygens (including phenoxy) is 1. The first-order valence-electron chi connectivity index (χ1n) is 8.60. The number of para-hydroxylation sites is 1. The molecule has 7 heteroatoms. The number of aromatic nitrogens is 2. The lowest BCUT2D eigenvalue weighted by molar-refractivity contribution is -0.120. The van der Waals surface area contributed by atoms with Gasteiger partial charge in [-0.25, -0.2) is 4.39 Å². The highest BCUT2D eigenvalue weighted by Gasteiger charge is 2.22. The molecule has 5 nitrogen and oxygen atoms in total. The number of halogens is 1. The Kier molecular flexibility index (Phi) is 6.13. The molecule has 3 aromatic rings. The maximum Gasteiger partial charge on any atom is 0.266 e. The Balaban J connectivity index is 1.76. The smallest absolute Gasteiger partial charge is 0.266 e. The van der Waals surface area contributed by atoms with Crippen molar-refractivity contribution in [2.24, 2.45) is 5.92 Å². The zero-order valence-electron chi connectivity index (χ0n) is 15.1. The lowest BCUT2D eigenvalue weighted by Crippen LogP contribution is -2.37. The third-order valence-corrected chi connectivity index (χ3v) is 4.69. The summed E-state index contributed by atoms with van der Waals surface area (Å²) in [5.74, 6) is 0.399. The van der Waals surface area contributed by atoms with Crippen LogP contribution in [0, 0.1) is 11.7 Å². The van der Waals surface area contributed by atoms with Crippen LogP contribution in [0.1, 0.15) is 13.8 Å². The standard InChI is InChI=1S/C20H20FN3O2S/c1-14(2)12-24(18(25)13-26-17-6-4-3-5-7-17)20-23-22-19(27-20)15-8-10-16(21)11-9-15/h3-11,14H,12-13H2,1-2H3. The van der Waals surface area contributed by atoms with Gasteiger partial charge in [-0.1, -0.05) is 43.4 Å². The van der Waals surface area contributed by atoms with Gasteiger partial charge in [0.2, 0.25) is 5.13 Å². The molecule has 1 amide bonds. The number of carbonyl (C=O) groups excluding carboxylic acids is 1. The van der Waals surface area contributed by atoms with Gasteiger partial charge in [-0.3, -0.25) is 9.69 Å². The average molecular weight is 385 g/mol. The number of hydrogen-bond acceptors (Lipinski definition) is 5. The molecular formula is C20H20FN3O2S. The maximum atomic E-state index is 13.1. The fourth-order valence-electron chi connectivity index (χ4n) is 2.43. The van der Waals surface area contributed by atoms with Crippen LogP contribution in [0.15, 0.2) is 54.6 Å². The molecule has 1 aromatic heterocycles. The summed E-state index contributed by atoms with van der Waals surface area (Å²) in [6.45, 7) is 4.48. The Morgan fingerprint density at radius 2 is 1.81 bits per heavy atom. The first-order chi connectivity index (χ1) is 13.0. The van der Waals surface area contributed by atoms with E-state index in [9.17, 15) is 9.18 Å². The van der Waals surface area contributed by atoms with Gasteiger partial charge in [0.1, 0.15) is 16.6 Å². The zero-order valence-corrected chi connectivity index (χ0v) is 15.9. The summed E-state index contributed by atoms with van der Waals surface area (Å²) in [4.78, 5) is 14.3. The topological polar surface area (TPSA) is 55.3 Å². The number of hydrogen-bond donors (Lipinski definition) is 0. The fourth-order valence-corrected chi connectivity index (χ4v) is 3.30. The largest absolute Gasteiger partial charge is 0.484 e. The fraction of sp³-hybridized carbons (Fsp3) is 0.250. The van der Waals surface area contributed by atoms with Gasteiger partial charge in [0, 0.05) is 12.1 Å². The van der Waals surface area contributed by atoms with Crippen molar-refractivity contribution in [1.29, 1.82) is 0 Å². The van der Waals surface area contributed by atoms with Crippen molar-refractivity contribution in [2.45, 2.75) is 13.8 Å². The van der Waals surface area contributed by atoms with Crippen LogP contribution < -0.4 is 9.64 Å². The van der Waals surface area contributed by atoms with Gasteiger partial charge in [-0.15, -0.1) is 10.2 Å². The molecule has 0 radical (unpaired) electrons. The second-order valence-electron chi connectivity index (χ2n) is 6.40. The number of carbonyl (C=O) groups is 1. The predicted molar refractivity (Wildman–Crippen MR) is 104 cm³/mol. The van der Waals surface area contributed by atoms with Crippen LogP contribution in [-0.2, 0) is 4.79 Å². The molecule has 0 aliphatic rings. The van der Waals surface area contributed by atoms with Crippen LogP contribution in [0.3, 0.4) is 0 Å². The molecule has 0 saturated carbocycles. The molecule has 1 heterocycles. The van der Waals surface area contributed by atoms with E-state index >= 15 is 0 Å². The average Bonchev–Trinajstić information content (AvgIpc) is 3.15. The number of rotatable bonds is 7. The molecule has 0 spiro atoms. The second kappa shape index (κ2) is 8.73. The van der Waals surface area contributed by atoms with E-state index in [-0.39, 0.29) is 24.2 Å². The quantitative estimate of drug-likeness (QED) is 0.604. The third kappa shape index (κ3) is 5.10. The van der Waals surface area contributed by atoms with E-state index in [4.69, 9.17) is 4.74 Å². The van der Waals surface area contributed by atoms with Crippen LogP contribution >= 0.6 is 11.3 Å². The molecule has 0 aliphatic heterocycles. The number of amides is 1. The molecule has 2 aromatic carbocycles. The van der Waals surface area contributed by atoms with Crippen molar-refractivity contribution in [2.75, 3.05) is 18.1 Å². The normalized spacial score (nSPS) is 10.8. The highest BCUT2D eigenvalue weighted by molar-refractivity contribution is 7.18. The summed E-state index contributed by atoms with van der Waals surface area (Å²) >= 11 is 1.30. The number of benzene rings is 2. The van der Waals surface area contributed by atoms with Crippen LogP contribution in [0.5, 0.6) is 5.75 Å². The SMILES string of the molecule is CC(C)CN(C(=O)COc1ccccc1)c1nnc(-c2ccc(F)cc2)s1. The van der Waals surface area contributed by atoms with E-state index in [1.54, 1.807) is 29.2 Å². The Labute approximate surface area is 161 Å². The maximum absolute atomic E-state index is 13.1. The summed E-state index contributed by atoms with van der Waals surface area (Å²) < 4.78 is 18.7. The zero-order chi connectivity index (χ0) is 19.2. The molecule has 27 heavy (non-hydrogen) atoms. The molecule has 0 saturated heterocycles. The van der Waals surface area contributed by atoms with Gasteiger partial charge in [-0.2, -0.15) is 0 Å². The summed E-state index contributed by atoms with van der Waals surface area (Å²) in [7, 11) is 0. The van der Waals surface area contributed by atoms with E-state index in [1.807, 2.05) is 32.0 Å². The first-order valence-corrected chi connectivity index (χ1v) is 9.42. The predicted octanol–water partition coefficient (Wildman–Crippen LogP) is 4.41. The van der Waals surface area contributed by atoms with Crippen molar-refractivity contribution >= 4 is 22.4 Å². The van der Waals surface area contributed by atoms with E-state index in [0.717, 1.165) is 5.56 Å². The van der Waals surface area contributed by atoms with Crippen LogP contribution in [0.25, 0.3) is 10.6 Å². The molecule has 3 rings (SSSR count). The lowest BCUT2D eigenvalue weighted by atomic mass is 10.2. The van der Waals surface area contributed by atoms with E-state index in [2.05, 4.69) is 10.2 Å². The van der Waals surface area contributed by atoms with E-state index in [0.29, 0.717) is 22.4 Å². The first kappa shape index (κ1) is 19.0. The van der Waals surface area contributed by atoms with Crippen molar-refractivity contribution < 1.29 is 13.9 Å². The van der Waals surface area contributed by atoms with Gasteiger partial charge in [0.15, 0.2) is 6.61 Å². The molecular weight excluding hydrogens is 365 g/mol. The molecule has 0 unspecified atom stereocenters. The van der Waals surface area contributed by atoms with Gasteiger partial charge >= 0.3 is 0 Å². The van der Waals surface area contributed by atoms with E-state index < -0.39 is 0 Å². The minimum absolute atomic E-state index is 0.0812. The Hall–Kier alpha value is -2.80. The molecule has 0 atom stereocenters. The van der Waals surface area contributed by atoms with Crippen LogP contribution in [-0.4, -0.2) is 29.3 Å². The molecule has 0 aliphatic carbocycles. The van der Waals surface area contributed by atoms with E-state index in [1.165, 1.54) is 23.5 Å². The minimum Gasteiger partial charge on any atom is -0.484 e. The van der Waals surface area contributed by atoms with Crippen LogP contribution in [0.2, 0.25) is 0 Å². The third-order valence-electron chi connectivity index (χ3n) is 3.69. The number of nitrogens with zero attached hydrogens (tertiary/aromatic N) is 3. The van der Waals surface area contributed by atoms with Crippen molar-refractivity contribution in [3.63, 3.8) is 0 Å². The Morgan fingerprint density at radius 3 is 2.48 bits per heavy atom. The van der Waals surface area contributed by atoms with Gasteiger partial charge in [0.05, 0.1) is 0 Å². The number of anilines is 1. The Morgan fingerprint density at radius 1 is 1.11 bits per heavy atom. The lowest BCUT2D eigenvalue weighted by Gasteiger charge is -2.21. The van der Waals surface area contributed by atoms with Crippen molar-refractivity contribution in [1.82, 2.24) is 10.2 Å². The minimum atomic E-state index is -0.307. The summed E-state index contributed by atoms with van der Waals surface area (Å²) in [6.07, 6.45) is 0. The highest BCUT2D eigenvalue weighted by Crippen LogP contribution is 2.29. The summed E-state index contributed by atoms with van der Waals surface area (Å²) in [6, 6.07) is 15.2. The van der Waals surface area contributed by atoms with Gasteiger partial charge in [0.25, 0.3) is 5.91 Å². The van der Waals surface area contributed by atoms with Crippen molar-refractivity contribution in [3.05, 3.63) is 60.4 Å². The monoisotopic (exact) mass is 385 g/mol. The summed E-state index contributed by atoms with van der Waals surface area (Å²) in [5.41, 5.74) is 0.762. The molecule has 0 fully saturated rings. The van der Waals surface area contributed by atoms with Crippen LogP contribution in [0.4, 0.5) is 9.52 Å². The molecule has 140 valence electrons.